The Balaban J connectivity index is 2.61. The highest BCUT2D eigenvalue weighted by Gasteiger charge is 2.38. The Morgan fingerprint density at radius 2 is 2.12 bits per heavy atom. The number of ether oxygens (including phenoxy) is 1. The van der Waals surface area contributed by atoms with E-state index in [2.05, 4.69) is 0 Å². The van der Waals surface area contributed by atoms with Gasteiger partial charge in [-0.15, -0.1) is 0 Å². The smallest absolute Gasteiger partial charge is 0.410 e. The van der Waals surface area contributed by atoms with E-state index in [0.717, 1.165) is 0 Å². The SMILES string of the molecule is CC(C)(C)OC(=O)N1CCC[C@@](F)(C=O)C1. The molecule has 1 saturated heterocycles. The fraction of sp³-hybridized carbons (Fsp3) is 0.818. The quantitative estimate of drug-likeness (QED) is 0.648. The Bertz CT molecular complexity index is 287. The number of carbonyl (C=O) groups excluding carboxylic acids is 2. The van der Waals surface area contributed by atoms with Crippen molar-refractivity contribution in [1.29, 1.82) is 0 Å². The van der Waals surface area contributed by atoms with Gasteiger partial charge >= 0.3 is 6.09 Å². The van der Waals surface area contributed by atoms with Crippen molar-refractivity contribution < 1.29 is 18.7 Å². The topological polar surface area (TPSA) is 46.6 Å². The molecule has 0 bridgehead atoms. The van der Waals surface area contributed by atoms with Crippen LogP contribution in [0, 0.1) is 0 Å². The van der Waals surface area contributed by atoms with Crippen molar-refractivity contribution in [3.63, 3.8) is 0 Å². The highest BCUT2D eigenvalue weighted by Crippen LogP contribution is 2.24. The standard InChI is InChI=1S/C11H18FNO3/c1-10(2,3)16-9(15)13-6-4-5-11(12,7-13)8-14/h8H,4-7H2,1-3H3/t11-/m0/s1. The Kier molecular flexibility index (Phi) is 3.55. The molecule has 1 aliphatic rings. The molecular formula is C11H18FNO3. The molecule has 1 atom stereocenters. The lowest BCUT2D eigenvalue weighted by Crippen LogP contribution is -2.50. The fourth-order valence-corrected chi connectivity index (χ4v) is 1.62. The van der Waals surface area contributed by atoms with E-state index >= 15 is 0 Å². The zero-order valence-corrected chi connectivity index (χ0v) is 9.96. The molecule has 0 aliphatic carbocycles. The third-order valence-electron chi connectivity index (χ3n) is 2.34. The Labute approximate surface area is 94.7 Å². The first-order chi connectivity index (χ1) is 7.26. The molecule has 1 fully saturated rings. The minimum atomic E-state index is -1.91. The molecule has 0 saturated carbocycles. The van der Waals surface area contributed by atoms with E-state index in [0.29, 0.717) is 13.0 Å². The number of halogens is 1. The van der Waals surface area contributed by atoms with E-state index in [9.17, 15) is 14.0 Å². The molecule has 0 N–H and O–H groups in total. The number of piperidine rings is 1. The summed E-state index contributed by atoms with van der Waals surface area (Å²) >= 11 is 0. The van der Waals surface area contributed by atoms with Crippen LogP contribution in [-0.2, 0) is 9.53 Å². The summed E-state index contributed by atoms with van der Waals surface area (Å²) in [6.45, 7) is 5.48. The lowest BCUT2D eigenvalue weighted by molar-refractivity contribution is -0.121. The van der Waals surface area contributed by atoms with Crippen molar-refractivity contribution in [2.45, 2.75) is 44.9 Å². The van der Waals surface area contributed by atoms with E-state index in [-0.39, 0.29) is 19.3 Å². The van der Waals surface area contributed by atoms with E-state index in [1.54, 1.807) is 20.8 Å². The molecule has 16 heavy (non-hydrogen) atoms. The zero-order chi connectivity index (χ0) is 12.4. The average Bonchev–Trinajstić information content (AvgIpc) is 2.15. The number of aldehydes is 1. The van der Waals surface area contributed by atoms with E-state index in [1.165, 1.54) is 4.90 Å². The van der Waals surface area contributed by atoms with Gasteiger partial charge in [-0.3, -0.25) is 4.79 Å². The molecule has 5 heteroatoms. The number of likely N-dealkylation sites (tertiary alicyclic amines) is 1. The Morgan fingerprint density at radius 1 is 1.50 bits per heavy atom. The van der Waals surface area contributed by atoms with E-state index < -0.39 is 17.4 Å². The van der Waals surface area contributed by atoms with Gasteiger partial charge in [0.2, 0.25) is 0 Å². The summed E-state index contributed by atoms with van der Waals surface area (Å²) in [5, 5.41) is 0. The van der Waals surface area contributed by atoms with Gasteiger partial charge in [-0.25, -0.2) is 9.18 Å². The normalized spacial score (nSPS) is 26.4. The Morgan fingerprint density at radius 3 is 2.62 bits per heavy atom. The summed E-state index contributed by atoms with van der Waals surface area (Å²) < 4.78 is 18.8. The summed E-state index contributed by atoms with van der Waals surface area (Å²) in [5.74, 6) is 0. The molecular weight excluding hydrogens is 213 g/mol. The molecule has 0 aromatic rings. The Hall–Kier alpha value is -1.13. The van der Waals surface area contributed by atoms with E-state index in [4.69, 9.17) is 4.74 Å². The zero-order valence-electron chi connectivity index (χ0n) is 9.96. The molecule has 1 heterocycles. The van der Waals surface area contributed by atoms with Crippen LogP contribution in [0.25, 0.3) is 0 Å². The molecule has 0 aromatic carbocycles. The van der Waals surface area contributed by atoms with Crippen molar-refractivity contribution >= 4 is 12.4 Å². The van der Waals surface area contributed by atoms with Gasteiger partial charge in [0, 0.05) is 6.54 Å². The minimum absolute atomic E-state index is 0.176. The van der Waals surface area contributed by atoms with Crippen LogP contribution in [-0.4, -0.2) is 41.6 Å². The molecule has 1 amide bonds. The van der Waals surface area contributed by atoms with Gasteiger partial charge in [-0.05, 0) is 33.6 Å². The minimum Gasteiger partial charge on any atom is -0.444 e. The predicted molar refractivity (Wildman–Crippen MR) is 56.9 cm³/mol. The third kappa shape index (κ3) is 3.47. The van der Waals surface area contributed by atoms with Crippen LogP contribution in [0.4, 0.5) is 9.18 Å². The van der Waals surface area contributed by atoms with Crippen molar-refractivity contribution in [1.82, 2.24) is 4.90 Å². The largest absolute Gasteiger partial charge is 0.444 e. The van der Waals surface area contributed by atoms with Crippen LogP contribution in [0.1, 0.15) is 33.6 Å². The molecule has 0 radical (unpaired) electrons. The second kappa shape index (κ2) is 4.39. The van der Waals surface area contributed by atoms with Crippen molar-refractivity contribution in [2.24, 2.45) is 0 Å². The molecule has 0 unspecified atom stereocenters. The molecule has 92 valence electrons. The highest BCUT2D eigenvalue weighted by molar-refractivity contribution is 5.71. The molecule has 1 aliphatic heterocycles. The summed E-state index contributed by atoms with van der Waals surface area (Å²) in [6.07, 6.45) is 0.379. The van der Waals surface area contributed by atoms with Crippen LogP contribution in [0.5, 0.6) is 0 Å². The molecule has 1 rings (SSSR count). The lowest BCUT2D eigenvalue weighted by atomic mass is 9.97. The van der Waals surface area contributed by atoms with Crippen molar-refractivity contribution in [3.05, 3.63) is 0 Å². The van der Waals surface area contributed by atoms with Gasteiger partial charge in [0.1, 0.15) is 5.60 Å². The monoisotopic (exact) mass is 231 g/mol. The van der Waals surface area contributed by atoms with Crippen molar-refractivity contribution in [2.75, 3.05) is 13.1 Å². The van der Waals surface area contributed by atoms with Gasteiger partial charge in [0.25, 0.3) is 0 Å². The summed E-state index contributed by atoms with van der Waals surface area (Å²) in [4.78, 5) is 23.5. The van der Waals surface area contributed by atoms with Gasteiger partial charge in [-0.1, -0.05) is 0 Å². The third-order valence-corrected chi connectivity index (χ3v) is 2.34. The average molecular weight is 231 g/mol. The summed E-state index contributed by atoms with van der Waals surface area (Å²) in [5.41, 5.74) is -2.51. The maximum Gasteiger partial charge on any atom is 0.410 e. The lowest BCUT2D eigenvalue weighted by Gasteiger charge is -2.35. The van der Waals surface area contributed by atoms with Gasteiger partial charge < -0.3 is 9.64 Å². The highest BCUT2D eigenvalue weighted by atomic mass is 19.1. The first-order valence-corrected chi connectivity index (χ1v) is 5.39. The van der Waals surface area contributed by atoms with Crippen molar-refractivity contribution in [3.8, 4) is 0 Å². The molecule has 0 aromatic heterocycles. The first-order valence-electron chi connectivity index (χ1n) is 5.39. The number of rotatable bonds is 1. The molecule has 0 spiro atoms. The summed E-state index contributed by atoms with van der Waals surface area (Å²) in [6, 6.07) is 0. The first kappa shape index (κ1) is 12.9. The maximum atomic E-state index is 13.7. The van der Waals surface area contributed by atoms with Gasteiger partial charge in [-0.2, -0.15) is 0 Å². The number of alkyl halides is 1. The number of nitrogens with zero attached hydrogens (tertiary/aromatic N) is 1. The van der Waals surface area contributed by atoms with Crippen LogP contribution in [0.2, 0.25) is 0 Å². The summed E-state index contributed by atoms with van der Waals surface area (Å²) in [7, 11) is 0. The second-order valence-electron chi connectivity index (χ2n) is 5.16. The van der Waals surface area contributed by atoms with Gasteiger partial charge in [0.15, 0.2) is 12.0 Å². The number of amides is 1. The maximum absolute atomic E-state index is 13.7. The van der Waals surface area contributed by atoms with Crippen LogP contribution in [0.15, 0.2) is 0 Å². The second-order valence-corrected chi connectivity index (χ2v) is 5.16. The number of carbonyl (C=O) groups is 2. The van der Waals surface area contributed by atoms with Crippen LogP contribution in [0.3, 0.4) is 0 Å². The predicted octanol–water partition coefficient (Wildman–Crippen LogP) is 1.92. The number of hydrogen-bond donors (Lipinski definition) is 0. The van der Waals surface area contributed by atoms with Gasteiger partial charge in [0.05, 0.1) is 6.54 Å². The fourth-order valence-electron chi connectivity index (χ4n) is 1.62. The van der Waals surface area contributed by atoms with E-state index in [1.807, 2.05) is 0 Å². The number of hydrogen-bond acceptors (Lipinski definition) is 3. The van der Waals surface area contributed by atoms with Crippen LogP contribution >= 0.6 is 0 Å². The van der Waals surface area contributed by atoms with Crippen LogP contribution < -0.4 is 0 Å². The molecule has 4 nitrogen and oxygen atoms in total.